The van der Waals surface area contributed by atoms with Gasteiger partial charge in [-0.05, 0) is 12.8 Å². The SMILES string of the molecule is N#Cc1ncnc(C2CCC2)c1N. The van der Waals surface area contributed by atoms with Crippen LogP contribution in [0.4, 0.5) is 5.69 Å². The van der Waals surface area contributed by atoms with Gasteiger partial charge in [0.25, 0.3) is 0 Å². The van der Waals surface area contributed by atoms with Gasteiger partial charge >= 0.3 is 0 Å². The molecule has 1 aromatic rings. The minimum Gasteiger partial charge on any atom is -0.395 e. The monoisotopic (exact) mass is 174 g/mol. The summed E-state index contributed by atoms with van der Waals surface area (Å²) < 4.78 is 0. The number of nitrogens with two attached hydrogens (primary N) is 1. The van der Waals surface area contributed by atoms with Crippen molar-refractivity contribution in [2.45, 2.75) is 25.2 Å². The Bertz CT molecular complexity index is 362. The molecule has 1 fully saturated rings. The number of aromatic nitrogens is 2. The first-order valence-electron chi connectivity index (χ1n) is 4.33. The Kier molecular flexibility index (Phi) is 1.85. The molecule has 2 N–H and O–H groups in total. The predicted molar refractivity (Wildman–Crippen MR) is 47.8 cm³/mol. The number of anilines is 1. The van der Waals surface area contributed by atoms with E-state index in [1.807, 2.05) is 6.07 Å². The topological polar surface area (TPSA) is 75.6 Å². The summed E-state index contributed by atoms with van der Waals surface area (Å²) in [4.78, 5) is 7.92. The van der Waals surface area contributed by atoms with Gasteiger partial charge < -0.3 is 5.73 Å². The van der Waals surface area contributed by atoms with Gasteiger partial charge in [-0.3, -0.25) is 0 Å². The molecule has 0 bridgehead atoms. The highest BCUT2D eigenvalue weighted by Gasteiger charge is 2.24. The van der Waals surface area contributed by atoms with E-state index in [2.05, 4.69) is 9.97 Å². The van der Waals surface area contributed by atoms with Crippen molar-refractivity contribution in [1.82, 2.24) is 9.97 Å². The number of nitrogen functional groups attached to an aromatic ring is 1. The van der Waals surface area contributed by atoms with Gasteiger partial charge in [-0.25, -0.2) is 9.97 Å². The number of nitrogens with zero attached hydrogens (tertiary/aromatic N) is 3. The molecule has 0 amide bonds. The number of hydrogen-bond acceptors (Lipinski definition) is 4. The second-order valence-electron chi connectivity index (χ2n) is 3.26. The van der Waals surface area contributed by atoms with E-state index in [1.165, 1.54) is 12.7 Å². The largest absolute Gasteiger partial charge is 0.395 e. The predicted octanol–water partition coefficient (Wildman–Crippen LogP) is 1.20. The lowest BCUT2D eigenvalue weighted by atomic mass is 9.82. The molecule has 66 valence electrons. The van der Waals surface area contributed by atoms with E-state index in [9.17, 15) is 0 Å². The van der Waals surface area contributed by atoms with E-state index in [0.29, 0.717) is 17.3 Å². The highest BCUT2D eigenvalue weighted by molar-refractivity contribution is 5.54. The van der Waals surface area contributed by atoms with Crippen molar-refractivity contribution in [2.75, 3.05) is 5.73 Å². The van der Waals surface area contributed by atoms with Crippen LogP contribution in [0.1, 0.15) is 36.6 Å². The van der Waals surface area contributed by atoms with Crippen LogP contribution in [-0.2, 0) is 0 Å². The van der Waals surface area contributed by atoms with Crippen molar-refractivity contribution >= 4 is 5.69 Å². The van der Waals surface area contributed by atoms with Crippen LogP contribution in [0, 0.1) is 11.3 Å². The molecule has 13 heavy (non-hydrogen) atoms. The first kappa shape index (κ1) is 7.99. The van der Waals surface area contributed by atoms with Crippen LogP contribution in [0.3, 0.4) is 0 Å². The fourth-order valence-electron chi connectivity index (χ4n) is 1.51. The van der Waals surface area contributed by atoms with Crippen LogP contribution < -0.4 is 5.73 Å². The Hall–Kier alpha value is -1.63. The van der Waals surface area contributed by atoms with Crippen LogP contribution in [0.25, 0.3) is 0 Å². The van der Waals surface area contributed by atoms with E-state index in [0.717, 1.165) is 18.5 Å². The Morgan fingerprint density at radius 2 is 2.23 bits per heavy atom. The molecule has 1 heterocycles. The Labute approximate surface area is 76.4 Å². The second kappa shape index (κ2) is 3.02. The molecular weight excluding hydrogens is 164 g/mol. The van der Waals surface area contributed by atoms with Gasteiger partial charge in [0.05, 0.1) is 11.4 Å². The summed E-state index contributed by atoms with van der Waals surface area (Å²) in [5.74, 6) is 0.454. The molecule has 0 aromatic carbocycles. The Morgan fingerprint density at radius 3 is 2.77 bits per heavy atom. The maximum atomic E-state index is 8.70. The maximum absolute atomic E-state index is 8.70. The first-order chi connectivity index (χ1) is 6.33. The van der Waals surface area contributed by atoms with Crippen molar-refractivity contribution in [1.29, 1.82) is 5.26 Å². The molecule has 4 nitrogen and oxygen atoms in total. The third-order valence-electron chi connectivity index (χ3n) is 2.51. The van der Waals surface area contributed by atoms with Crippen molar-refractivity contribution in [2.24, 2.45) is 0 Å². The van der Waals surface area contributed by atoms with Gasteiger partial charge in [0.2, 0.25) is 0 Å². The summed E-state index contributed by atoms with van der Waals surface area (Å²) in [6, 6.07) is 1.96. The summed E-state index contributed by atoms with van der Waals surface area (Å²) in [5, 5.41) is 8.70. The fraction of sp³-hybridized carbons (Fsp3) is 0.444. The molecule has 0 radical (unpaired) electrons. The van der Waals surface area contributed by atoms with Gasteiger partial charge in [0, 0.05) is 5.92 Å². The minimum absolute atomic E-state index is 0.303. The summed E-state index contributed by atoms with van der Waals surface area (Å²) >= 11 is 0. The lowest BCUT2D eigenvalue weighted by Gasteiger charge is -2.25. The normalized spacial score (nSPS) is 16.2. The average molecular weight is 174 g/mol. The molecule has 0 aliphatic heterocycles. The lowest BCUT2D eigenvalue weighted by molar-refractivity contribution is 0.412. The fourth-order valence-corrected chi connectivity index (χ4v) is 1.51. The van der Waals surface area contributed by atoms with Gasteiger partial charge in [-0.1, -0.05) is 6.42 Å². The third kappa shape index (κ3) is 1.22. The highest BCUT2D eigenvalue weighted by atomic mass is 14.9. The van der Waals surface area contributed by atoms with Gasteiger partial charge in [-0.15, -0.1) is 0 Å². The molecule has 1 saturated carbocycles. The van der Waals surface area contributed by atoms with Crippen LogP contribution in [-0.4, -0.2) is 9.97 Å². The van der Waals surface area contributed by atoms with Crippen LogP contribution in [0.5, 0.6) is 0 Å². The van der Waals surface area contributed by atoms with Crippen LogP contribution in [0.15, 0.2) is 6.33 Å². The number of rotatable bonds is 1. The summed E-state index contributed by atoms with van der Waals surface area (Å²) in [5.41, 5.74) is 7.39. The number of nitriles is 1. The van der Waals surface area contributed by atoms with Gasteiger partial charge in [0.1, 0.15) is 12.4 Å². The molecule has 1 aliphatic carbocycles. The standard InChI is InChI=1S/C9H10N4/c10-4-7-8(11)9(13-5-12-7)6-2-1-3-6/h5-6H,1-3,11H2. The molecule has 1 aliphatic rings. The van der Waals surface area contributed by atoms with Gasteiger partial charge in [0.15, 0.2) is 5.69 Å². The highest BCUT2D eigenvalue weighted by Crippen LogP contribution is 2.37. The maximum Gasteiger partial charge on any atom is 0.167 e. The van der Waals surface area contributed by atoms with Gasteiger partial charge in [-0.2, -0.15) is 5.26 Å². The van der Waals surface area contributed by atoms with E-state index < -0.39 is 0 Å². The third-order valence-corrected chi connectivity index (χ3v) is 2.51. The number of hydrogen-bond donors (Lipinski definition) is 1. The molecule has 1 aromatic heterocycles. The second-order valence-corrected chi connectivity index (χ2v) is 3.26. The molecule has 4 heteroatoms. The molecule has 2 rings (SSSR count). The first-order valence-corrected chi connectivity index (χ1v) is 4.33. The zero-order valence-electron chi connectivity index (χ0n) is 7.20. The van der Waals surface area contributed by atoms with E-state index in [1.54, 1.807) is 0 Å². The lowest BCUT2D eigenvalue weighted by Crippen LogP contribution is -2.14. The Balaban J connectivity index is 2.40. The van der Waals surface area contributed by atoms with E-state index >= 15 is 0 Å². The van der Waals surface area contributed by atoms with Crippen molar-refractivity contribution in [3.8, 4) is 6.07 Å². The molecule has 0 spiro atoms. The van der Waals surface area contributed by atoms with Crippen molar-refractivity contribution < 1.29 is 0 Å². The summed E-state index contributed by atoms with van der Waals surface area (Å²) in [7, 11) is 0. The van der Waals surface area contributed by atoms with Crippen LogP contribution in [0.2, 0.25) is 0 Å². The molecule has 0 saturated heterocycles. The quantitative estimate of drug-likeness (QED) is 0.694. The van der Waals surface area contributed by atoms with Crippen molar-refractivity contribution in [3.63, 3.8) is 0 Å². The zero-order valence-corrected chi connectivity index (χ0v) is 7.20. The smallest absolute Gasteiger partial charge is 0.167 e. The summed E-state index contributed by atoms with van der Waals surface area (Å²) in [6.45, 7) is 0. The molecule has 0 atom stereocenters. The zero-order chi connectivity index (χ0) is 9.26. The summed E-state index contributed by atoms with van der Waals surface area (Å²) in [6.07, 6.45) is 4.91. The Morgan fingerprint density at radius 1 is 1.46 bits per heavy atom. The molecular formula is C9H10N4. The van der Waals surface area contributed by atoms with E-state index in [-0.39, 0.29) is 0 Å². The van der Waals surface area contributed by atoms with Crippen molar-refractivity contribution in [3.05, 3.63) is 17.7 Å². The van der Waals surface area contributed by atoms with Crippen LogP contribution >= 0.6 is 0 Å². The average Bonchev–Trinajstić information content (AvgIpc) is 2.05. The molecule has 0 unspecified atom stereocenters. The van der Waals surface area contributed by atoms with E-state index in [4.69, 9.17) is 11.0 Å². The minimum atomic E-state index is 0.303.